The van der Waals surface area contributed by atoms with Gasteiger partial charge in [-0.05, 0) is 6.92 Å². The molecule has 0 amide bonds. The molecule has 0 rings (SSSR count). The summed E-state index contributed by atoms with van der Waals surface area (Å²) < 4.78 is 4.43. The fraction of sp³-hybridized carbons (Fsp3) is 0.400. The summed E-state index contributed by atoms with van der Waals surface area (Å²) in [6, 6.07) is 0. The second-order valence-corrected chi connectivity index (χ2v) is 0.956. The van der Waals surface area contributed by atoms with E-state index in [0.29, 0.717) is 6.61 Å². The molecular formula is C5H12BrNO2. The van der Waals surface area contributed by atoms with Gasteiger partial charge < -0.3 is 10.9 Å². The van der Waals surface area contributed by atoms with Crippen LogP contribution in [0.15, 0.2) is 12.7 Å². The van der Waals surface area contributed by atoms with Crippen molar-refractivity contribution in [2.24, 2.45) is 0 Å². The van der Waals surface area contributed by atoms with Crippen molar-refractivity contribution in [2.75, 3.05) is 6.61 Å². The predicted octanol–water partition coefficient (Wildman–Crippen LogP) is 1.48. The molecule has 0 unspecified atom stereocenters. The maximum absolute atomic E-state index is 10.1. The fourth-order valence-corrected chi connectivity index (χ4v) is 0.201. The van der Waals surface area contributed by atoms with Crippen molar-refractivity contribution in [1.82, 2.24) is 6.15 Å². The normalized spacial score (nSPS) is 5.89. The second kappa shape index (κ2) is 10.6. The van der Waals surface area contributed by atoms with E-state index in [-0.39, 0.29) is 29.1 Å². The summed E-state index contributed by atoms with van der Waals surface area (Å²) in [7, 11) is 0. The van der Waals surface area contributed by atoms with Crippen molar-refractivity contribution in [3.8, 4) is 0 Å². The van der Waals surface area contributed by atoms with E-state index in [2.05, 4.69) is 11.3 Å². The first-order valence-electron chi connectivity index (χ1n) is 2.10. The highest BCUT2D eigenvalue weighted by Gasteiger charge is 1.86. The molecule has 0 bridgehead atoms. The Kier molecular flexibility index (Phi) is 18.7. The van der Waals surface area contributed by atoms with Gasteiger partial charge >= 0.3 is 5.97 Å². The number of hydrogen-bond donors (Lipinski definition) is 1. The number of esters is 1. The van der Waals surface area contributed by atoms with Crippen molar-refractivity contribution >= 4 is 23.0 Å². The highest BCUT2D eigenvalue weighted by molar-refractivity contribution is 8.93. The van der Waals surface area contributed by atoms with E-state index in [9.17, 15) is 4.79 Å². The molecule has 3 nitrogen and oxygen atoms in total. The summed E-state index contributed by atoms with van der Waals surface area (Å²) in [6.07, 6.45) is 1.14. The third kappa shape index (κ3) is 11.3. The Labute approximate surface area is 65.4 Å². The van der Waals surface area contributed by atoms with Gasteiger partial charge in [0.1, 0.15) is 0 Å². The van der Waals surface area contributed by atoms with Crippen LogP contribution in [0.5, 0.6) is 0 Å². The van der Waals surface area contributed by atoms with Crippen LogP contribution in [-0.4, -0.2) is 12.6 Å². The van der Waals surface area contributed by atoms with Gasteiger partial charge in [0.25, 0.3) is 0 Å². The van der Waals surface area contributed by atoms with Crippen LogP contribution in [0.25, 0.3) is 0 Å². The van der Waals surface area contributed by atoms with Gasteiger partial charge in [-0.3, -0.25) is 0 Å². The highest BCUT2D eigenvalue weighted by atomic mass is 79.9. The minimum Gasteiger partial charge on any atom is -0.463 e. The summed E-state index contributed by atoms with van der Waals surface area (Å²) in [6.45, 7) is 5.38. The first-order valence-corrected chi connectivity index (χ1v) is 2.10. The van der Waals surface area contributed by atoms with Gasteiger partial charge in [-0.2, -0.15) is 0 Å². The molecule has 0 aromatic rings. The lowest BCUT2D eigenvalue weighted by Gasteiger charge is -1.90. The lowest BCUT2D eigenvalue weighted by molar-refractivity contribution is -0.137. The van der Waals surface area contributed by atoms with Crippen LogP contribution >= 0.6 is 17.0 Å². The van der Waals surface area contributed by atoms with Gasteiger partial charge in [0.2, 0.25) is 0 Å². The molecule has 0 radical (unpaired) electrons. The molecule has 3 N–H and O–H groups in total. The maximum atomic E-state index is 10.1. The van der Waals surface area contributed by atoms with E-state index in [1.165, 1.54) is 0 Å². The minimum atomic E-state index is -0.359. The van der Waals surface area contributed by atoms with Gasteiger partial charge in [0, 0.05) is 6.08 Å². The molecule has 0 fully saturated rings. The number of ether oxygens (including phenoxy) is 1. The molecule has 56 valence electrons. The molecular weight excluding hydrogens is 186 g/mol. The van der Waals surface area contributed by atoms with E-state index in [1.807, 2.05) is 0 Å². The van der Waals surface area contributed by atoms with E-state index in [0.717, 1.165) is 6.08 Å². The molecule has 0 saturated heterocycles. The summed E-state index contributed by atoms with van der Waals surface area (Å²) in [5.74, 6) is -0.359. The highest BCUT2D eigenvalue weighted by Crippen LogP contribution is 1.74. The molecule has 0 aliphatic heterocycles. The lowest BCUT2D eigenvalue weighted by atomic mass is 10.6. The van der Waals surface area contributed by atoms with Crippen LogP contribution in [-0.2, 0) is 9.53 Å². The number of hydrogen-bond acceptors (Lipinski definition) is 3. The molecule has 0 aromatic carbocycles. The summed E-state index contributed by atoms with van der Waals surface area (Å²) in [5, 5.41) is 0. The molecule has 4 heteroatoms. The van der Waals surface area contributed by atoms with Crippen molar-refractivity contribution < 1.29 is 9.53 Å². The fourth-order valence-electron chi connectivity index (χ4n) is 0.201. The van der Waals surface area contributed by atoms with E-state index in [4.69, 9.17) is 0 Å². The third-order valence-corrected chi connectivity index (χ3v) is 0.453. The van der Waals surface area contributed by atoms with Crippen molar-refractivity contribution in [2.45, 2.75) is 6.92 Å². The molecule has 0 saturated carbocycles. The molecule has 0 aromatic heterocycles. The minimum absolute atomic E-state index is 0. The lowest BCUT2D eigenvalue weighted by Crippen LogP contribution is -1.97. The maximum Gasteiger partial charge on any atom is 0.330 e. The Balaban J connectivity index is -0.000000180. The van der Waals surface area contributed by atoms with Gasteiger partial charge in [-0.25, -0.2) is 4.79 Å². The van der Waals surface area contributed by atoms with E-state index in [1.54, 1.807) is 6.92 Å². The first kappa shape index (κ1) is 15.9. The number of rotatable bonds is 2. The average molecular weight is 198 g/mol. The van der Waals surface area contributed by atoms with Gasteiger partial charge in [0.15, 0.2) is 0 Å². The first-order chi connectivity index (χ1) is 3.31. The van der Waals surface area contributed by atoms with Gasteiger partial charge in [0.05, 0.1) is 6.61 Å². The molecule has 0 aliphatic carbocycles. The van der Waals surface area contributed by atoms with Crippen LogP contribution in [0, 0.1) is 0 Å². The van der Waals surface area contributed by atoms with Crippen LogP contribution in [0.4, 0.5) is 0 Å². The smallest absolute Gasteiger partial charge is 0.330 e. The van der Waals surface area contributed by atoms with Gasteiger partial charge in [-0.1, -0.05) is 6.58 Å². The molecule has 0 heterocycles. The number of carbonyl (C=O) groups excluding carboxylic acids is 1. The summed E-state index contributed by atoms with van der Waals surface area (Å²) >= 11 is 0. The quantitative estimate of drug-likeness (QED) is 0.539. The molecule has 9 heavy (non-hydrogen) atoms. The SMILES string of the molecule is Br.C=CC(=O)OCC.N. The van der Waals surface area contributed by atoms with Crippen LogP contribution < -0.4 is 6.15 Å². The topological polar surface area (TPSA) is 61.3 Å². The summed E-state index contributed by atoms with van der Waals surface area (Å²) in [4.78, 5) is 10.1. The van der Waals surface area contributed by atoms with Crippen LogP contribution in [0.2, 0.25) is 0 Å². The van der Waals surface area contributed by atoms with E-state index < -0.39 is 0 Å². The van der Waals surface area contributed by atoms with Gasteiger partial charge in [-0.15, -0.1) is 17.0 Å². The Morgan fingerprint density at radius 2 is 2.22 bits per heavy atom. The largest absolute Gasteiger partial charge is 0.463 e. The van der Waals surface area contributed by atoms with Crippen molar-refractivity contribution in [3.05, 3.63) is 12.7 Å². The van der Waals surface area contributed by atoms with Crippen molar-refractivity contribution in [1.29, 1.82) is 0 Å². The summed E-state index contributed by atoms with van der Waals surface area (Å²) in [5.41, 5.74) is 0. The molecule has 0 atom stereocenters. The van der Waals surface area contributed by atoms with Crippen LogP contribution in [0.3, 0.4) is 0 Å². The zero-order valence-electron chi connectivity index (χ0n) is 5.42. The molecule has 0 aliphatic rings. The predicted molar refractivity (Wildman–Crippen MR) is 42.2 cm³/mol. The van der Waals surface area contributed by atoms with Crippen LogP contribution in [0.1, 0.15) is 6.92 Å². The third-order valence-electron chi connectivity index (χ3n) is 0.453. The van der Waals surface area contributed by atoms with E-state index >= 15 is 0 Å². The monoisotopic (exact) mass is 197 g/mol. The zero-order valence-corrected chi connectivity index (χ0v) is 7.14. The Bertz CT molecular complexity index is 85.0. The number of carbonyl (C=O) groups is 1. The second-order valence-electron chi connectivity index (χ2n) is 0.956. The number of halogens is 1. The Hall–Kier alpha value is -0.350. The zero-order chi connectivity index (χ0) is 5.70. The van der Waals surface area contributed by atoms with Crippen molar-refractivity contribution in [3.63, 3.8) is 0 Å². The Morgan fingerprint density at radius 3 is 2.33 bits per heavy atom. The Morgan fingerprint density at radius 1 is 1.78 bits per heavy atom. The standard InChI is InChI=1S/C5H8O2.BrH.H3N/c1-3-5(6)7-4-2;;/h3H,1,4H2,2H3;1H;1H3. The average Bonchev–Trinajstić information content (AvgIpc) is 1.68. The molecule has 0 spiro atoms.